The van der Waals surface area contributed by atoms with Gasteiger partial charge in [-0.1, -0.05) is 18.2 Å². The van der Waals surface area contributed by atoms with E-state index in [0.717, 1.165) is 25.5 Å². The molecule has 1 aromatic carbocycles. The Bertz CT molecular complexity index is 697. The fourth-order valence-corrected chi connectivity index (χ4v) is 3.26. The number of benzene rings is 1. The Morgan fingerprint density at radius 3 is 2.64 bits per heavy atom. The standard InChI is InChI=1S/C16H20FNO3S/c1-11(18-16(19)12-6-4-3-5-7-12)13-8-9-15(14(17)10-13)22(2,20)21/h3-4,8-12H,5-7H2,1-2H3,(H,18,19)/t11-,12+/m1/s1. The molecule has 0 fully saturated rings. The van der Waals surface area contributed by atoms with Gasteiger partial charge < -0.3 is 5.32 Å². The Morgan fingerprint density at radius 2 is 2.09 bits per heavy atom. The summed E-state index contributed by atoms with van der Waals surface area (Å²) in [6, 6.07) is 3.57. The van der Waals surface area contributed by atoms with Gasteiger partial charge in [-0.05, 0) is 43.9 Å². The van der Waals surface area contributed by atoms with Crippen molar-refractivity contribution < 1.29 is 17.6 Å². The van der Waals surface area contributed by atoms with Crippen LogP contribution in [0.2, 0.25) is 0 Å². The van der Waals surface area contributed by atoms with Crippen molar-refractivity contribution in [1.29, 1.82) is 0 Å². The van der Waals surface area contributed by atoms with E-state index in [9.17, 15) is 17.6 Å². The molecule has 0 saturated carbocycles. The zero-order valence-electron chi connectivity index (χ0n) is 12.7. The number of sulfone groups is 1. The molecule has 1 aliphatic rings. The second-order valence-electron chi connectivity index (χ2n) is 5.67. The maximum absolute atomic E-state index is 13.9. The van der Waals surface area contributed by atoms with Crippen LogP contribution in [0.25, 0.3) is 0 Å². The molecule has 2 rings (SSSR count). The third kappa shape index (κ3) is 3.94. The van der Waals surface area contributed by atoms with Gasteiger partial charge in [0.25, 0.3) is 0 Å². The fourth-order valence-electron chi connectivity index (χ4n) is 2.53. The highest BCUT2D eigenvalue weighted by atomic mass is 32.2. The van der Waals surface area contributed by atoms with E-state index in [1.807, 2.05) is 6.08 Å². The first kappa shape index (κ1) is 16.7. The highest BCUT2D eigenvalue weighted by molar-refractivity contribution is 7.90. The lowest BCUT2D eigenvalue weighted by Crippen LogP contribution is -2.33. The van der Waals surface area contributed by atoms with Crippen molar-refractivity contribution >= 4 is 15.7 Å². The molecule has 0 bridgehead atoms. The summed E-state index contributed by atoms with van der Waals surface area (Å²) in [5.74, 6) is -0.890. The van der Waals surface area contributed by atoms with E-state index >= 15 is 0 Å². The summed E-state index contributed by atoms with van der Waals surface area (Å²) < 4.78 is 36.7. The number of carbonyl (C=O) groups excluding carboxylic acids is 1. The number of amides is 1. The predicted molar refractivity (Wildman–Crippen MR) is 82.5 cm³/mol. The van der Waals surface area contributed by atoms with Gasteiger partial charge in [0, 0.05) is 12.2 Å². The minimum atomic E-state index is -3.59. The van der Waals surface area contributed by atoms with Gasteiger partial charge in [0.1, 0.15) is 10.7 Å². The molecule has 0 spiro atoms. The predicted octanol–water partition coefficient (Wildman–Crippen LogP) is 2.76. The van der Waals surface area contributed by atoms with Crippen LogP contribution in [0.3, 0.4) is 0 Å². The first-order chi connectivity index (χ1) is 10.3. The third-order valence-electron chi connectivity index (χ3n) is 3.85. The Labute approximate surface area is 130 Å². The van der Waals surface area contributed by atoms with E-state index in [4.69, 9.17) is 0 Å². The smallest absolute Gasteiger partial charge is 0.223 e. The highest BCUT2D eigenvalue weighted by Crippen LogP contribution is 2.22. The molecule has 6 heteroatoms. The van der Waals surface area contributed by atoms with Gasteiger partial charge in [0.05, 0.1) is 6.04 Å². The second kappa shape index (κ2) is 6.60. The molecule has 1 amide bonds. The van der Waals surface area contributed by atoms with Crippen LogP contribution in [-0.2, 0) is 14.6 Å². The van der Waals surface area contributed by atoms with Crippen molar-refractivity contribution in [2.24, 2.45) is 5.92 Å². The lowest BCUT2D eigenvalue weighted by molar-refractivity contribution is -0.125. The number of hydrogen-bond acceptors (Lipinski definition) is 3. The molecule has 0 aliphatic heterocycles. The summed E-state index contributed by atoms with van der Waals surface area (Å²) in [7, 11) is -3.59. The first-order valence-corrected chi connectivity index (χ1v) is 9.13. The summed E-state index contributed by atoms with van der Waals surface area (Å²) in [5, 5.41) is 2.86. The molecule has 0 unspecified atom stereocenters. The monoisotopic (exact) mass is 325 g/mol. The molecule has 2 atom stereocenters. The fraction of sp³-hybridized carbons (Fsp3) is 0.438. The maximum atomic E-state index is 13.9. The molecule has 1 N–H and O–H groups in total. The normalized spacial score (nSPS) is 19.7. The molecule has 22 heavy (non-hydrogen) atoms. The molecule has 1 aliphatic carbocycles. The van der Waals surface area contributed by atoms with Crippen molar-refractivity contribution in [3.05, 3.63) is 41.7 Å². The molecule has 0 heterocycles. The van der Waals surface area contributed by atoms with Crippen LogP contribution in [-0.4, -0.2) is 20.6 Å². The van der Waals surface area contributed by atoms with Crippen LogP contribution in [0.4, 0.5) is 4.39 Å². The van der Waals surface area contributed by atoms with E-state index in [1.54, 1.807) is 6.92 Å². The van der Waals surface area contributed by atoms with Crippen molar-refractivity contribution in [2.75, 3.05) is 6.26 Å². The second-order valence-corrected chi connectivity index (χ2v) is 7.66. The van der Waals surface area contributed by atoms with Crippen LogP contribution >= 0.6 is 0 Å². The van der Waals surface area contributed by atoms with Gasteiger partial charge in [-0.15, -0.1) is 0 Å². The average molecular weight is 325 g/mol. The number of allylic oxidation sites excluding steroid dienone is 2. The first-order valence-electron chi connectivity index (χ1n) is 7.24. The average Bonchev–Trinajstić information content (AvgIpc) is 2.46. The SMILES string of the molecule is C[C@@H](NC(=O)[C@H]1CC=CCC1)c1ccc(S(C)(=O)=O)c(F)c1. The summed E-state index contributed by atoms with van der Waals surface area (Å²) in [6.07, 6.45) is 7.46. The van der Waals surface area contributed by atoms with Gasteiger partial charge >= 0.3 is 0 Å². The summed E-state index contributed by atoms with van der Waals surface area (Å²) >= 11 is 0. The van der Waals surface area contributed by atoms with E-state index in [1.165, 1.54) is 18.2 Å². The van der Waals surface area contributed by atoms with E-state index < -0.39 is 15.7 Å². The zero-order valence-corrected chi connectivity index (χ0v) is 13.5. The minimum Gasteiger partial charge on any atom is -0.349 e. The highest BCUT2D eigenvalue weighted by Gasteiger charge is 2.21. The summed E-state index contributed by atoms with van der Waals surface area (Å²) in [4.78, 5) is 11.8. The Balaban J connectivity index is 2.09. The Kier molecular flexibility index (Phi) is 5.01. The van der Waals surface area contributed by atoms with Gasteiger partial charge in [0.15, 0.2) is 9.84 Å². The number of hydrogen-bond donors (Lipinski definition) is 1. The van der Waals surface area contributed by atoms with Gasteiger partial charge in [-0.3, -0.25) is 4.79 Å². The van der Waals surface area contributed by atoms with Crippen LogP contribution < -0.4 is 5.32 Å². The number of halogens is 1. The number of nitrogens with one attached hydrogen (secondary N) is 1. The molecule has 120 valence electrons. The molecular weight excluding hydrogens is 305 g/mol. The van der Waals surface area contributed by atoms with E-state index in [-0.39, 0.29) is 22.8 Å². The summed E-state index contributed by atoms with van der Waals surface area (Å²) in [5.41, 5.74) is 0.546. The van der Waals surface area contributed by atoms with Crippen LogP contribution in [0.1, 0.15) is 37.8 Å². The largest absolute Gasteiger partial charge is 0.349 e. The van der Waals surface area contributed by atoms with Crippen molar-refractivity contribution in [3.63, 3.8) is 0 Å². The lowest BCUT2D eigenvalue weighted by Gasteiger charge is -2.21. The van der Waals surface area contributed by atoms with Crippen molar-refractivity contribution in [2.45, 2.75) is 37.1 Å². The van der Waals surface area contributed by atoms with E-state index in [0.29, 0.717) is 5.56 Å². The van der Waals surface area contributed by atoms with Crippen LogP contribution in [0, 0.1) is 11.7 Å². The van der Waals surface area contributed by atoms with Gasteiger partial charge in [-0.2, -0.15) is 0 Å². The third-order valence-corrected chi connectivity index (χ3v) is 4.98. The van der Waals surface area contributed by atoms with E-state index in [2.05, 4.69) is 11.4 Å². The van der Waals surface area contributed by atoms with Crippen molar-refractivity contribution in [3.8, 4) is 0 Å². The van der Waals surface area contributed by atoms with Crippen LogP contribution in [0.15, 0.2) is 35.2 Å². The summed E-state index contributed by atoms with van der Waals surface area (Å²) in [6.45, 7) is 1.76. The lowest BCUT2D eigenvalue weighted by atomic mass is 9.93. The molecular formula is C16H20FNO3S. The molecule has 0 radical (unpaired) electrons. The minimum absolute atomic E-state index is 0.0485. The molecule has 0 saturated heterocycles. The molecule has 0 aromatic heterocycles. The number of rotatable bonds is 4. The topological polar surface area (TPSA) is 63.2 Å². The molecule has 1 aromatic rings. The quantitative estimate of drug-likeness (QED) is 0.866. The Hall–Kier alpha value is -1.69. The van der Waals surface area contributed by atoms with Crippen LogP contribution in [0.5, 0.6) is 0 Å². The van der Waals surface area contributed by atoms with Gasteiger partial charge in [0.2, 0.25) is 5.91 Å². The van der Waals surface area contributed by atoms with Crippen molar-refractivity contribution in [1.82, 2.24) is 5.32 Å². The van der Waals surface area contributed by atoms with Gasteiger partial charge in [-0.25, -0.2) is 12.8 Å². The molecule has 4 nitrogen and oxygen atoms in total. The zero-order chi connectivity index (χ0) is 16.3. The Morgan fingerprint density at radius 1 is 1.36 bits per heavy atom. The number of carbonyl (C=O) groups is 1. The maximum Gasteiger partial charge on any atom is 0.223 e.